The van der Waals surface area contributed by atoms with Gasteiger partial charge in [-0.25, -0.2) is 0 Å². The molecular formula is C13H28N2O. The molecule has 1 aliphatic heterocycles. The Labute approximate surface area is 100 Å². The first-order chi connectivity index (χ1) is 7.28. The van der Waals surface area contributed by atoms with Crippen LogP contribution in [0.1, 0.15) is 53.9 Å². The fourth-order valence-corrected chi connectivity index (χ4v) is 3.06. The number of nitrogens with one attached hydrogen (secondary N) is 2. The summed E-state index contributed by atoms with van der Waals surface area (Å²) >= 11 is 0. The lowest BCUT2D eigenvalue weighted by Gasteiger charge is -2.47. The van der Waals surface area contributed by atoms with Crippen LogP contribution in [0.25, 0.3) is 0 Å². The molecule has 1 aliphatic rings. The summed E-state index contributed by atoms with van der Waals surface area (Å²) in [7, 11) is 1.78. The highest BCUT2D eigenvalue weighted by Gasteiger charge is 2.37. The maximum absolute atomic E-state index is 5.41. The average Bonchev–Trinajstić information content (AvgIpc) is 2.09. The number of methoxy groups -OCH3 is 1. The Bertz CT molecular complexity index is 206. The van der Waals surface area contributed by atoms with Gasteiger partial charge in [0.2, 0.25) is 0 Å². The highest BCUT2D eigenvalue weighted by Crippen LogP contribution is 2.28. The average molecular weight is 228 g/mol. The van der Waals surface area contributed by atoms with Gasteiger partial charge in [-0.2, -0.15) is 0 Å². The van der Waals surface area contributed by atoms with E-state index in [0.717, 1.165) is 19.3 Å². The zero-order valence-corrected chi connectivity index (χ0v) is 11.7. The molecule has 0 bridgehead atoms. The normalized spacial score (nSPS) is 26.6. The van der Waals surface area contributed by atoms with Crippen LogP contribution in [0.3, 0.4) is 0 Å². The van der Waals surface area contributed by atoms with E-state index in [9.17, 15) is 0 Å². The molecule has 0 spiro atoms. The number of ether oxygens (including phenoxy) is 1. The van der Waals surface area contributed by atoms with Crippen LogP contribution in [0.5, 0.6) is 0 Å². The molecule has 1 rings (SSSR count). The molecule has 0 aromatic rings. The molecule has 3 nitrogen and oxygen atoms in total. The van der Waals surface area contributed by atoms with Gasteiger partial charge in [0.15, 0.2) is 0 Å². The molecule has 0 amide bonds. The van der Waals surface area contributed by atoms with E-state index in [1.165, 1.54) is 0 Å². The molecule has 1 heterocycles. The van der Waals surface area contributed by atoms with Crippen molar-refractivity contribution in [3.63, 3.8) is 0 Å². The minimum absolute atomic E-state index is 0.190. The molecule has 3 heteroatoms. The van der Waals surface area contributed by atoms with Crippen molar-refractivity contribution in [3.05, 3.63) is 0 Å². The first kappa shape index (κ1) is 13.9. The van der Waals surface area contributed by atoms with Crippen molar-refractivity contribution in [2.24, 2.45) is 0 Å². The van der Waals surface area contributed by atoms with Crippen LogP contribution in [0, 0.1) is 0 Å². The van der Waals surface area contributed by atoms with E-state index < -0.39 is 0 Å². The maximum atomic E-state index is 5.41. The molecular weight excluding hydrogens is 200 g/mol. The fourth-order valence-electron chi connectivity index (χ4n) is 3.06. The molecule has 1 unspecified atom stereocenters. The number of piperidine rings is 1. The summed E-state index contributed by atoms with van der Waals surface area (Å²) in [4.78, 5) is 0. The minimum atomic E-state index is 0.190. The zero-order valence-electron chi connectivity index (χ0n) is 11.7. The Balaban J connectivity index is 2.60. The van der Waals surface area contributed by atoms with Crippen molar-refractivity contribution in [3.8, 4) is 0 Å². The van der Waals surface area contributed by atoms with Crippen LogP contribution >= 0.6 is 0 Å². The molecule has 0 aliphatic carbocycles. The van der Waals surface area contributed by atoms with Crippen LogP contribution in [-0.4, -0.2) is 30.5 Å². The third-order valence-electron chi connectivity index (χ3n) is 3.27. The summed E-state index contributed by atoms with van der Waals surface area (Å²) in [5.41, 5.74) is 0.400. The van der Waals surface area contributed by atoms with Crippen molar-refractivity contribution >= 4 is 0 Å². The van der Waals surface area contributed by atoms with Gasteiger partial charge in [0.05, 0.1) is 0 Å². The summed E-state index contributed by atoms with van der Waals surface area (Å²) < 4.78 is 5.41. The molecule has 0 aromatic heterocycles. The fraction of sp³-hybridized carbons (Fsp3) is 1.00. The standard InChI is InChI=1S/C13H28N2O/c1-7-11(16-6)14-10-8-12(2,3)15-13(4,5)9-10/h10-11,14-15H,7-9H2,1-6H3. The predicted octanol–water partition coefficient (Wildman–Crippen LogP) is 2.27. The predicted molar refractivity (Wildman–Crippen MR) is 68.5 cm³/mol. The first-order valence-electron chi connectivity index (χ1n) is 6.36. The third kappa shape index (κ3) is 4.04. The zero-order chi connectivity index (χ0) is 12.4. The minimum Gasteiger partial charge on any atom is -0.367 e. The van der Waals surface area contributed by atoms with E-state index in [0.29, 0.717) is 6.04 Å². The van der Waals surface area contributed by atoms with Crippen LogP contribution in [-0.2, 0) is 4.74 Å². The lowest BCUT2D eigenvalue weighted by Crippen LogP contribution is -2.62. The Morgan fingerprint density at radius 3 is 2.12 bits per heavy atom. The SMILES string of the molecule is CCC(NC1CC(C)(C)NC(C)(C)C1)OC. The van der Waals surface area contributed by atoms with E-state index >= 15 is 0 Å². The summed E-state index contributed by atoms with van der Waals surface area (Å²) in [6.45, 7) is 11.2. The van der Waals surface area contributed by atoms with Gasteiger partial charge in [-0.3, -0.25) is 5.32 Å². The van der Waals surface area contributed by atoms with Gasteiger partial charge in [0, 0.05) is 24.2 Å². The molecule has 0 saturated carbocycles. The quantitative estimate of drug-likeness (QED) is 0.724. The maximum Gasteiger partial charge on any atom is 0.107 e. The van der Waals surface area contributed by atoms with Crippen LogP contribution in [0.15, 0.2) is 0 Å². The highest BCUT2D eigenvalue weighted by molar-refractivity contribution is 4.99. The molecule has 96 valence electrons. The number of hydrogen-bond donors (Lipinski definition) is 2. The molecule has 1 fully saturated rings. The smallest absolute Gasteiger partial charge is 0.107 e. The second kappa shape index (κ2) is 5.03. The van der Waals surface area contributed by atoms with E-state index in [1.54, 1.807) is 7.11 Å². The van der Waals surface area contributed by atoms with Crippen molar-refractivity contribution in [1.29, 1.82) is 0 Å². The second-order valence-electron chi connectivity index (χ2n) is 6.30. The summed E-state index contributed by atoms with van der Waals surface area (Å²) in [6.07, 6.45) is 3.50. The monoisotopic (exact) mass is 228 g/mol. The van der Waals surface area contributed by atoms with Crippen molar-refractivity contribution in [1.82, 2.24) is 10.6 Å². The van der Waals surface area contributed by atoms with Crippen LogP contribution < -0.4 is 10.6 Å². The lowest BCUT2D eigenvalue weighted by molar-refractivity contribution is 0.0380. The largest absolute Gasteiger partial charge is 0.367 e. The number of rotatable bonds is 4. The van der Waals surface area contributed by atoms with Crippen LogP contribution in [0.4, 0.5) is 0 Å². The molecule has 1 atom stereocenters. The first-order valence-corrected chi connectivity index (χ1v) is 6.36. The Kier molecular flexibility index (Phi) is 4.38. The van der Waals surface area contributed by atoms with Gasteiger partial charge in [-0.05, 0) is 47.0 Å². The van der Waals surface area contributed by atoms with E-state index in [2.05, 4.69) is 45.3 Å². The lowest BCUT2D eigenvalue weighted by atomic mass is 9.79. The molecule has 16 heavy (non-hydrogen) atoms. The van der Waals surface area contributed by atoms with Gasteiger partial charge >= 0.3 is 0 Å². The molecule has 1 saturated heterocycles. The van der Waals surface area contributed by atoms with Crippen molar-refractivity contribution < 1.29 is 4.74 Å². The van der Waals surface area contributed by atoms with Crippen molar-refractivity contribution in [2.75, 3.05) is 7.11 Å². The number of hydrogen-bond acceptors (Lipinski definition) is 3. The third-order valence-corrected chi connectivity index (χ3v) is 3.27. The summed E-state index contributed by atoms with van der Waals surface area (Å²) in [5.74, 6) is 0. The Morgan fingerprint density at radius 2 is 1.75 bits per heavy atom. The van der Waals surface area contributed by atoms with Crippen molar-refractivity contribution in [2.45, 2.75) is 77.2 Å². The van der Waals surface area contributed by atoms with Gasteiger partial charge in [-0.15, -0.1) is 0 Å². The molecule has 0 radical (unpaired) electrons. The summed E-state index contributed by atoms with van der Waals surface area (Å²) in [5, 5.41) is 7.29. The highest BCUT2D eigenvalue weighted by atomic mass is 16.5. The van der Waals surface area contributed by atoms with Gasteiger partial charge in [0.1, 0.15) is 6.23 Å². The topological polar surface area (TPSA) is 33.3 Å². The Morgan fingerprint density at radius 1 is 1.25 bits per heavy atom. The summed E-state index contributed by atoms with van der Waals surface area (Å²) in [6, 6.07) is 0.538. The van der Waals surface area contributed by atoms with E-state index in [1.807, 2.05) is 0 Å². The van der Waals surface area contributed by atoms with Gasteiger partial charge in [0.25, 0.3) is 0 Å². The molecule has 0 aromatic carbocycles. The molecule has 2 N–H and O–H groups in total. The Hall–Kier alpha value is -0.120. The van der Waals surface area contributed by atoms with Gasteiger partial charge in [-0.1, -0.05) is 6.92 Å². The second-order valence-corrected chi connectivity index (χ2v) is 6.30. The van der Waals surface area contributed by atoms with Crippen LogP contribution in [0.2, 0.25) is 0 Å². The van der Waals surface area contributed by atoms with E-state index in [-0.39, 0.29) is 17.3 Å². The van der Waals surface area contributed by atoms with E-state index in [4.69, 9.17) is 4.74 Å². The van der Waals surface area contributed by atoms with Gasteiger partial charge < -0.3 is 10.1 Å².